The largest absolute Gasteiger partial charge is 0.416 e. The van der Waals surface area contributed by atoms with Crippen molar-refractivity contribution < 1.29 is 18.0 Å². The molecule has 0 fully saturated rings. The summed E-state index contributed by atoms with van der Waals surface area (Å²) in [4.78, 5) is 11.8. The lowest BCUT2D eigenvalue weighted by Gasteiger charge is -2.13. The van der Waals surface area contributed by atoms with Crippen LogP contribution >= 0.6 is 0 Å². The van der Waals surface area contributed by atoms with Crippen molar-refractivity contribution >= 4 is 17.3 Å². The van der Waals surface area contributed by atoms with Crippen molar-refractivity contribution in [1.29, 1.82) is 0 Å². The smallest absolute Gasteiger partial charge is 0.272 e. The molecular formula is C13H13F3N2O. The molecule has 0 aliphatic carbocycles. The van der Waals surface area contributed by atoms with Gasteiger partial charge in [-0.05, 0) is 30.2 Å². The molecule has 0 N–H and O–H groups in total. The van der Waals surface area contributed by atoms with Gasteiger partial charge in [0.25, 0.3) is 5.91 Å². The normalized spacial score (nSPS) is 16.2. The first-order chi connectivity index (χ1) is 8.79. The molecule has 6 heteroatoms. The summed E-state index contributed by atoms with van der Waals surface area (Å²) in [5.41, 5.74) is 0.356. The molecule has 1 amide bonds. The Morgan fingerprint density at radius 3 is 2.21 bits per heavy atom. The lowest BCUT2D eigenvalue weighted by atomic mass is 10.1. The Kier molecular flexibility index (Phi) is 3.34. The van der Waals surface area contributed by atoms with Crippen LogP contribution in [0.1, 0.15) is 25.8 Å². The summed E-state index contributed by atoms with van der Waals surface area (Å²) in [7, 11) is 0. The van der Waals surface area contributed by atoms with E-state index >= 15 is 0 Å². The highest BCUT2D eigenvalue weighted by Gasteiger charge is 2.31. The number of alkyl halides is 3. The molecule has 1 aromatic carbocycles. The lowest BCUT2D eigenvalue weighted by molar-refractivity contribution is -0.137. The highest BCUT2D eigenvalue weighted by atomic mass is 19.4. The molecule has 1 aliphatic rings. The Morgan fingerprint density at radius 1 is 1.21 bits per heavy atom. The van der Waals surface area contributed by atoms with Gasteiger partial charge >= 0.3 is 6.18 Å². The van der Waals surface area contributed by atoms with Gasteiger partial charge in [-0.15, -0.1) is 0 Å². The molecule has 19 heavy (non-hydrogen) atoms. The predicted molar refractivity (Wildman–Crippen MR) is 65.8 cm³/mol. The standard InChI is InChI=1S/C13H13F3N2O/c1-8(2)11-7-12(19)18(17-11)10-5-3-9(4-6-10)13(14,15)16/h3-6,8H,7H2,1-2H3. The van der Waals surface area contributed by atoms with Crippen LogP contribution in [-0.2, 0) is 11.0 Å². The molecule has 2 rings (SSSR count). The van der Waals surface area contributed by atoms with E-state index in [9.17, 15) is 18.0 Å². The number of carbonyl (C=O) groups is 1. The number of hydrogen-bond donors (Lipinski definition) is 0. The van der Waals surface area contributed by atoms with Crippen LogP contribution in [0.15, 0.2) is 29.4 Å². The number of rotatable bonds is 2. The molecule has 0 bridgehead atoms. The molecule has 0 radical (unpaired) electrons. The predicted octanol–water partition coefficient (Wildman–Crippen LogP) is 3.45. The Hall–Kier alpha value is -1.85. The molecule has 0 atom stereocenters. The van der Waals surface area contributed by atoms with Gasteiger partial charge in [0.2, 0.25) is 0 Å². The average Bonchev–Trinajstić information content (AvgIpc) is 2.70. The van der Waals surface area contributed by atoms with Gasteiger partial charge in [0.15, 0.2) is 0 Å². The number of anilines is 1. The third kappa shape index (κ3) is 2.77. The van der Waals surface area contributed by atoms with E-state index in [1.807, 2.05) is 13.8 Å². The number of halogens is 3. The molecule has 0 saturated heterocycles. The first-order valence-corrected chi connectivity index (χ1v) is 5.86. The molecule has 0 unspecified atom stereocenters. The van der Waals surface area contributed by atoms with Crippen molar-refractivity contribution in [2.45, 2.75) is 26.4 Å². The summed E-state index contributed by atoms with van der Waals surface area (Å²) in [5, 5.41) is 5.31. The molecule has 1 aromatic rings. The van der Waals surface area contributed by atoms with Gasteiger partial charge in [-0.2, -0.15) is 18.3 Å². The maximum absolute atomic E-state index is 12.4. The summed E-state index contributed by atoms with van der Waals surface area (Å²) in [5.74, 6) is -0.0770. The van der Waals surface area contributed by atoms with E-state index in [4.69, 9.17) is 0 Å². The molecule has 3 nitrogen and oxygen atoms in total. The van der Waals surface area contributed by atoms with Crippen LogP contribution in [0.25, 0.3) is 0 Å². The minimum atomic E-state index is -4.38. The van der Waals surface area contributed by atoms with Crippen molar-refractivity contribution in [1.82, 2.24) is 0 Å². The average molecular weight is 270 g/mol. The Bertz CT molecular complexity index is 518. The van der Waals surface area contributed by atoms with Crippen molar-refractivity contribution in [2.75, 3.05) is 5.01 Å². The van der Waals surface area contributed by atoms with Crippen LogP contribution in [0.2, 0.25) is 0 Å². The zero-order valence-electron chi connectivity index (χ0n) is 10.5. The van der Waals surface area contributed by atoms with Crippen molar-refractivity contribution in [2.24, 2.45) is 11.0 Å². The summed E-state index contributed by atoms with van der Waals surface area (Å²) >= 11 is 0. The van der Waals surface area contributed by atoms with E-state index in [1.165, 1.54) is 12.1 Å². The SMILES string of the molecule is CC(C)C1=NN(c2ccc(C(F)(F)F)cc2)C(=O)C1. The topological polar surface area (TPSA) is 32.7 Å². The van der Waals surface area contributed by atoms with Gasteiger partial charge in [0, 0.05) is 0 Å². The van der Waals surface area contributed by atoms with E-state index in [1.54, 1.807) is 0 Å². The maximum Gasteiger partial charge on any atom is 0.416 e. The minimum Gasteiger partial charge on any atom is -0.272 e. The second kappa shape index (κ2) is 4.68. The zero-order chi connectivity index (χ0) is 14.2. The molecule has 0 aromatic heterocycles. The number of benzene rings is 1. The molecule has 0 saturated carbocycles. The maximum atomic E-state index is 12.4. The van der Waals surface area contributed by atoms with E-state index < -0.39 is 11.7 Å². The van der Waals surface area contributed by atoms with Gasteiger partial charge in [-0.3, -0.25) is 4.79 Å². The third-order valence-corrected chi connectivity index (χ3v) is 2.90. The monoisotopic (exact) mass is 270 g/mol. The molecule has 1 heterocycles. The van der Waals surface area contributed by atoms with Crippen LogP contribution in [-0.4, -0.2) is 11.6 Å². The summed E-state index contributed by atoms with van der Waals surface area (Å²) in [6, 6.07) is 4.41. The van der Waals surface area contributed by atoms with Crippen molar-refractivity contribution in [3.63, 3.8) is 0 Å². The molecule has 0 spiro atoms. The Labute approximate surface area is 108 Å². The van der Waals surface area contributed by atoms with Crippen molar-refractivity contribution in [3.05, 3.63) is 29.8 Å². The number of nitrogens with zero attached hydrogens (tertiary/aromatic N) is 2. The molecular weight excluding hydrogens is 257 g/mol. The number of hydrazone groups is 1. The van der Waals surface area contributed by atoms with Gasteiger partial charge in [-0.25, -0.2) is 5.01 Å². The number of amides is 1. The fourth-order valence-electron chi connectivity index (χ4n) is 1.76. The van der Waals surface area contributed by atoms with Crippen LogP contribution in [0.3, 0.4) is 0 Å². The van der Waals surface area contributed by atoms with Gasteiger partial charge in [-0.1, -0.05) is 13.8 Å². The van der Waals surface area contributed by atoms with Crippen molar-refractivity contribution in [3.8, 4) is 0 Å². The van der Waals surface area contributed by atoms with E-state index in [2.05, 4.69) is 5.10 Å². The van der Waals surface area contributed by atoms with Crippen LogP contribution in [0.5, 0.6) is 0 Å². The van der Waals surface area contributed by atoms with Crippen LogP contribution < -0.4 is 5.01 Å². The van der Waals surface area contributed by atoms with Gasteiger partial charge in [0.1, 0.15) is 0 Å². The Morgan fingerprint density at radius 2 is 1.79 bits per heavy atom. The summed E-state index contributed by atoms with van der Waals surface area (Å²) in [6.07, 6.45) is -4.15. The first-order valence-electron chi connectivity index (χ1n) is 5.86. The third-order valence-electron chi connectivity index (χ3n) is 2.90. The summed E-state index contributed by atoms with van der Waals surface area (Å²) < 4.78 is 37.3. The Balaban J connectivity index is 2.26. The van der Waals surface area contributed by atoms with Gasteiger partial charge < -0.3 is 0 Å². The van der Waals surface area contributed by atoms with E-state index in [0.29, 0.717) is 5.69 Å². The quantitative estimate of drug-likeness (QED) is 0.810. The molecule has 1 aliphatic heterocycles. The highest BCUT2D eigenvalue weighted by Crippen LogP contribution is 2.31. The lowest BCUT2D eigenvalue weighted by Crippen LogP contribution is -2.19. The highest BCUT2D eigenvalue weighted by molar-refractivity contribution is 6.13. The number of hydrogen-bond acceptors (Lipinski definition) is 2. The fourth-order valence-corrected chi connectivity index (χ4v) is 1.76. The second-order valence-corrected chi connectivity index (χ2v) is 4.67. The number of carbonyl (C=O) groups excluding carboxylic acids is 1. The van der Waals surface area contributed by atoms with E-state index in [-0.39, 0.29) is 18.2 Å². The van der Waals surface area contributed by atoms with Crippen LogP contribution in [0.4, 0.5) is 18.9 Å². The molecule has 102 valence electrons. The minimum absolute atomic E-state index is 0.142. The summed E-state index contributed by atoms with van der Waals surface area (Å²) in [6.45, 7) is 3.84. The first kappa shape index (κ1) is 13.6. The van der Waals surface area contributed by atoms with Crippen LogP contribution in [0, 0.1) is 5.92 Å². The fraction of sp³-hybridized carbons (Fsp3) is 0.385. The van der Waals surface area contributed by atoms with Gasteiger partial charge in [0.05, 0.1) is 23.4 Å². The second-order valence-electron chi connectivity index (χ2n) is 4.67. The van der Waals surface area contributed by atoms with E-state index in [0.717, 1.165) is 22.9 Å². The zero-order valence-corrected chi connectivity index (χ0v) is 10.5.